The summed E-state index contributed by atoms with van der Waals surface area (Å²) in [5, 5.41) is 2.21. The number of anilines is 1. The lowest BCUT2D eigenvalue weighted by Crippen LogP contribution is -2.21. The average Bonchev–Trinajstić information content (AvgIpc) is 2.76. The van der Waals surface area contributed by atoms with E-state index in [-0.39, 0.29) is 5.69 Å². The maximum Gasteiger partial charge on any atom is 0.397 e. The second-order valence-corrected chi connectivity index (χ2v) is 4.66. The van der Waals surface area contributed by atoms with Crippen molar-refractivity contribution in [1.29, 1.82) is 0 Å². The highest BCUT2D eigenvalue weighted by molar-refractivity contribution is 5.91. The standard InChI is InChI=1S/C14H13F3N2O2/c1-8-3-4-10(19-12(20)6-14(15,16)17)5-11(8)13-18-9(2)7-21-13/h3-5,7H,6H2,1-2H3,(H,19,20). The van der Waals surface area contributed by atoms with Crippen LogP contribution >= 0.6 is 0 Å². The van der Waals surface area contributed by atoms with E-state index in [9.17, 15) is 18.0 Å². The van der Waals surface area contributed by atoms with Gasteiger partial charge in [-0.3, -0.25) is 4.79 Å². The van der Waals surface area contributed by atoms with Gasteiger partial charge >= 0.3 is 6.18 Å². The van der Waals surface area contributed by atoms with Gasteiger partial charge in [-0.25, -0.2) is 4.98 Å². The maximum absolute atomic E-state index is 12.1. The van der Waals surface area contributed by atoms with Crippen LogP contribution in [0.5, 0.6) is 0 Å². The number of nitrogens with one attached hydrogen (secondary N) is 1. The molecule has 2 aromatic rings. The molecular weight excluding hydrogens is 285 g/mol. The van der Waals surface area contributed by atoms with Crippen LogP contribution in [0, 0.1) is 13.8 Å². The largest absolute Gasteiger partial charge is 0.444 e. The maximum atomic E-state index is 12.1. The van der Waals surface area contributed by atoms with E-state index >= 15 is 0 Å². The van der Waals surface area contributed by atoms with Gasteiger partial charge in [0.2, 0.25) is 11.8 Å². The van der Waals surface area contributed by atoms with Crippen molar-refractivity contribution in [3.05, 3.63) is 35.7 Å². The minimum atomic E-state index is -4.53. The normalized spacial score (nSPS) is 11.5. The molecule has 0 radical (unpaired) electrons. The molecule has 1 N–H and O–H groups in total. The lowest BCUT2D eigenvalue weighted by atomic mass is 10.1. The third-order valence-electron chi connectivity index (χ3n) is 2.73. The first-order valence-corrected chi connectivity index (χ1v) is 6.14. The van der Waals surface area contributed by atoms with E-state index in [4.69, 9.17) is 4.42 Å². The van der Waals surface area contributed by atoms with E-state index in [0.717, 1.165) is 5.56 Å². The van der Waals surface area contributed by atoms with Crippen molar-refractivity contribution in [2.24, 2.45) is 0 Å². The van der Waals surface area contributed by atoms with Crippen molar-refractivity contribution < 1.29 is 22.4 Å². The monoisotopic (exact) mass is 298 g/mol. The lowest BCUT2D eigenvalue weighted by Gasteiger charge is -2.09. The summed E-state index contributed by atoms with van der Waals surface area (Å²) in [6.45, 7) is 3.58. The predicted octanol–water partition coefficient (Wildman–Crippen LogP) is 3.85. The molecule has 1 heterocycles. The molecule has 7 heteroatoms. The number of nitrogens with zero attached hydrogens (tertiary/aromatic N) is 1. The molecule has 1 amide bonds. The van der Waals surface area contributed by atoms with Crippen molar-refractivity contribution in [3.8, 4) is 11.5 Å². The number of benzene rings is 1. The summed E-state index contributed by atoms with van der Waals surface area (Å²) >= 11 is 0. The number of aromatic nitrogens is 1. The molecule has 0 fully saturated rings. The topological polar surface area (TPSA) is 55.1 Å². The van der Waals surface area contributed by atoms with E-state index in [2.05, 4.69) is 10.3 Å². The number of amides is 1. The Morgan fingerprint density at radius 1 is 1.33 bits per heavy atom. The number of halogens is 3. The number of carbonyl (C=O) groups is 1. The number of hydrogen-bond acceptors (Lipinski definition) is 3. The van der Waals surface area contributed by atoms with E-state index < -0.39 is 18.5 Å². The van der Waals surface area contributed by atoms with Crippen molar-refractivity contribution in [2.75, 3.05) is 5.32 Å². The zero-order valence-corrected chi connectivity index (χ0v) is 11.4. The minimum Gasteiger partial charge on any atom is -0.444 e. The average molecular weight is 298 g/mol. The van der Waals surface area contributed by atoms with E-state index in [1.54, 1.807) is 13.0 Å². The Morgan fingerprint density at radius 3 is 2.62 bits per heavy atom. The molecule has 0 aliphatic heterocycles. The fraction of sp³-hybridized carbons (Fsp3) is 0.286. The summed E-state index contributed by atoms with van der Waals surface area (Å²) in [6, 6.07) is 4.75. The van der Waals surface area contributed by atoms with Crippen LogP contribution in [0.2, 0.25) is 0 Å². The Hall–Kier alpha value is -2.31. The first-order chi connectivity index (χ1) is 9.74. The fourth-order valence-electron chi connectivity index (χ4n) is 1.80. The van der Waals surface area contributed by atoms with Gasteiger partial charge in [0, 0.05) is 11.3 Å². The second-order valence-electron chi connectivity index (χ2n) is 4.66. The summed E-state index contributed by atoms with van der Waals surface area (Å²) in [6.07, 6.45) is -4.57. The number of aryl methyl sites for hydroxylation is 2. The molecule has 0 atom stereocenters. The summed E-state index contributed by atoms with van der Waals surface area (Å²) in [7, 11) is 0. The predicted molar refractivity (Wildman–Crippen MR) is 70.7 cm³/mol. The van der Waals surface area contributed by atoms with E-state index in [1.165, 1.54) is 18.4 Å². The van der Waals surface area contributed by atoms with Gasteiger partial charge in [0.1, 0.15) is 12.7 Å². The molecule has 0 aliphatic carbocycles. The smallest absolute Gasteiger partial charge is 0.397 e. The molecule has 0 spiro atoms. The second kappa shape index (κ2) is 5.59. The van der Waals surface area contributed by atoms with Gasteiger partial charge in [-0.15, -0.1) is 0 Å². The molecule has 1 aromatic heterocycles. The fourth-order valence-corrected chi connectivity index (χ4v) is 1.80. The third kappa shape index (κ3) is 4.08. The molecule has 0 bridgehead atoms. The highest BCUT2D eigenvalue weighted by atomic mass is 19.4. The van der Waals surface area contributed by atoms with Gasteiger partial charge < -0.3 is 9.73 Å². The van der Waals surface area contributed by atoms with E-state index in [1.807, 2.05) is 6.92 Å². The Kier molecular flexibility index (Phi) is 4.02. The lowest BCUT2D eigenvalue weighted by molar-refractivity contribution is -0.150. The van der Waals surface area contributed by atoms with Crippen molar-refractivity contribution >= 4 is 11.6 Å². The van der Waals surface area contributed by atoms with Crippen molar-refractivity contribution in [2.45, 2.75) is 26.4 Å². The molecule has 21 heavy (non-hydrogen) atoms. The summed E-state index contributed by atoms with van der Waals surface area (Å²) in [5.41, 5.74) is 2.41. The Bertz CT molecular complexity index is 662. The molecule has 0 unspecified atom stereocenters. The van der Waals surface area contributed by atoms with E-state index in [0.29, 0.717) is 17.1 Å². The molecule has 4 nitrogen and oxygen atoms in total. The van der Waals surface area contributed by atoms with Crippen LogP contribution in [-0.2, 0) is 4.79 Å². The number of hydrogen-bond donors (Lipinski definition) is 1. The van der Waals surface area contributed by atoms with Crippen LogP contribution in [0.4, 0.5) is 18.9 Å². The van der Waals surface area contributed by atoms with Crippen LogP contribution < -0.4 is 5.32 Å². The van der Waals surface area contributed by atoms with Crippen LogP contribution in [0.3, 0.4) is 0 Å². The molecule has 1 aromatic carbocycles. The summed E-state index contributed by atoms with van der Waals surface area (Å²) in [4.78, 5) is 15.5. The molecule has 0 saturated heterocycles. The number of alkyl halides is 3. The van der Waals surface area contributed by atoms with Gasteiger partial charge in [0.05, 0.1) is 5.69 Å². The molecule has 112 valence electrons. The van der Waals surface area contributed by atoms with Crippen molar-refractivity contribution in [3.63, 3.8) is 0 Å². The molecule has 0 aliphatic rings. The van der Waals surface area contributed by atoms with Crippen molar-refractivity contribution in [1.82, 2.24) is 4.98 Å². The molecular formula is C14H13F3N2O2. The van der Waals surface area contributed by atoms with Crippen LogP contribution in [-0.4, -0.2) is 17.1 Å². The third-order valence-corrected chi connectivity index (χ3v) is 2.73. The zero-order valence-electron chi connectivity index (χ0n) is 11.4. The van der Waals surface area contributed by atoms with Gasteiger partial charge in [-0.2, -0.15) is 13.2 Å². The number of rotatable bonds is 3. The van der Waals surface area contributed by atoms with Crippen LogP contribution in [0.25, 0.3) is 11.5 Å². The Morgan fingerprint density at radius 2 is 2.05 bits per heavy atom. The van der Waals surface area contributed by atoms with Gasteiger partial charge in [0.25, 0.3) is 0 Å². The summed E-state index contributed by atoms with van der Waals surface area (Å²) < 4.78 is 41.7. The highest BCUT2D eigenvalue weighted by Gasteiger charge is 2.31. The highest BCUT2D eigenvalue weighted by Crippen LogP contribution is 2.27. The molecule has 2 rings (SSSR count). The first-order valence-electron chi connectivity index (χ1n) is 6.14. The molecule has 0 saturated carbocycles. The zero-order chi connectivity index (χ0) is 15.6. The van der Waals surface area contributed by atoms with Gasteiger partial charge in [-0.05, 0) is 31.5 Å². The van der Waals surface area contributed by atoms with Crippen LogP contribution in [0.15, 0.2) is 28.9 Å². The van der Waals surface area contributed by atoms with Gasteiger partial charge in [0.15, 0.2) is 0 Å². The Balaban J connectivity index is 2.21. The first kappa shape index (κ1) is 15.1. The number of oxazole rings is 1. The number of carbonyl (C=O) groups excluding carboxylic acids is 1. The quantitative estimate of drug-likeness (QED) is 0.936. The SMILES string of the molecule is Cc1coc(-c2cc(NC(=O)CC(F)(F)F)ccc2C)n1. The van der Waals surface area contributed by atoms with Crippen LogP contribution in [0.1, 0.15) is 17.7 Å². The minimum absolute atomic E-state index is 0.265. The Labute approximate surface area is 119 Å². The summed E-state index contributed by atoms with van der Waals surface area (Å²) in [5.74, 6) is -0.752. The van der Waals surface area contributed by atoms with Gasteiger partial charge in [-0.1, -0.05) is 6.07 Å².